The molecule has 1 saturated heterocycles. The number of nitrogens with one attached hydrogen (secondary N) is 4. The Bertz CT molecular complexity index is 2420. The minimum absolute atomic E-state index is 0.167. The first-order chi connectivity index (χ1) is 33.8. The van der Waals surface area contributed by atoms with E-state index in [1.54, 1.807) is 107 Å². The van der Waals surface area contributed by atoms with Crippen molar-refractivity contribution in [2.45, 2.75) is 142 Å². The first-order valence-corrected chi connectivity index (χ1v) is 24.1. The minimum Gasteiger partial charge on any atom is -0.463 e. The van der Waals surface area contributed by atoms with Crippen molar-refractivity contribution in [3.63, 3.8) is 0 Å². The molecule has 1 aliphatic heterocycles. The van der Waals surface area contributed by atoms with E-state index < -0.39 is 134 Å². The highest BCUT2D eigenvalue weighted by Gasteiger charge is 2.53. The van der Waals surface area contributed by atoms with Gasteiger partial charge >= 0.3 is 48.3 Å². The number of nitrogens with zero attached hydrogens (tertiary/aromatic N) is 1. The molecule has 73 heavy (non-hydrogen) atoms. The lowest BCUT2D eigenvalue weighted by Gasteiger charge is -2.45. The van der Waals surface area contributed by atoms with Gasteiger partial charge in [-0.25, -0.2) is 24.2 Å². The number of carbonyl (C=O) groups is 8. The van der Waals surface area contributed by atoms with Crippen LogP contribution >= 0.6 is 22.9 Å². The molecule has 0 unspecified atom stereocenters. The zero-order chi connectivity index (χ0) is 54.5. The summed E-state index contributed by atoms with van der Waals surface area (Å²) >= 11 is 8.10. The molecule has 4 rings (SSSR count). The molecule has 5 atom stereocenters. The van der Waals surface area contributed by atoms with Crippen molar-refractivity contribution in [2.24, 2.45) is 0 Å². The predicted molar refractivity (Wildman–Crippen MR) is 259 cm³/mol. The van der Waals surface area contributed by atoms with Crippen LogP contribution in [0, 0.1) is 0 Å². The molecule has 23 nitrogen and oxygen atoms in total. The van der Waals surface area contributed by atoms with Crippen LogP contribution in [-0.2, 0) is 68.2 Å². The average Bonchev–Trinajstić information content (AvgIpc) is 3.96. The van der Waals surface area contributed by atoms with Crippen LogP contribution in [0.4, 0.5) is 19.2 Å². The lowest BCUT2D eigenvalue weighted by Crippen LogP contribution is -2.61. The van der Waals surface area contributed by atoms with E-state index in [1.807, 2.05) is 0 Å². The second kappa shape index (κ2) is 25.3. The summed E-state index contributed by atoms with van der Waals surface area (Å²) in [6.45, 7) is 15.3. The van der Waals surface area contributed by atoms with Gasteiger partial charge in [0.15, 0.2) is 18.3 Å². The van der Waals surface area contributed by atoms with E-state index >= 15 is 0 Å². The maximum atomic E-state index is 13.9. The molecular formula is C48H64ClN5O18S. The normalized spacial score (nSPS) is 18.0. The summed E-state index contributed by atoms with van der Waals surface area (Å²) in [6, 6.07) is 8.16. The largest absolute Gasteiger partial charge is 0.463 e. The number of alkyl carbamates (subject to hydrolysis) is 4. The molecule has 1 fully saturated rings. The molecule has 2 aromatic heterocycles. The number of hydrogen-bond donors (Lipinski definition) is 4. The number of benzene rings is 1. The van der Waals surface area contributed by atoms with Gasteiger partial charge in [0, 0.05) is 17.6 Å². The third kappa shape index (κ3) is 21.1. The van der Waals surface area contributed by atoms with Gasteiger partial charge in [-0.05, 0) is 112 Å². The molecular weight excluding hydrogens is 1000 g/mol. The molecule has 1 aliphatic rings. The topological polar surface area (TPSA) is 294 Å². The SMILES string of the molecule is CC(C)(C)OC(=O)NCC(=O)OC[C@H]1O[C@@H](c2ccc(Cl)c(Cc3ncc(-c4ccco4)s3)c2)[C@H](OC(=O)CNC(=O)OC(C)(C)C)[C@@H](OC(=O)CNC(=O)OC(C)(C)C)[C@@H]1OC(=O)CNC(=O)OC(C)(C)C. The number of thiazole rings is 1. The third-order valence-corrected chi connectivity index (χ3v) is 10.4. The van der Waals surface area contributed by atoms with Crippen molar-refractivity contribution in [1.29, 1.82) is 0 Å². The van der Waals surface area contributed by atoms with Crippen LogP contribution in [-0.4, -0.2) is 133 Å². The van der Waals surface area contributed by atoms with Crippen LogP contribution in [0.3, 0.4) is 0 Å². The molecule has 0 aliphatic carbocycles. The second-order valence-corrected chi connectivity index (χ2v) is 21.7. The van der Waals surface area contributed by atoms with E-state index in [0.29, 0.717) is 16.3 Å². The monoisotopic (exact) mass is 1070 g/mol. The van der Waals surface area contributed by atoms with E-state index in [2.05, 4.69) is 26.3 Å². The molecule has 0 saturated carbocycles. The minimum atomic E-state index is -1.90. The van der Waals surface area contributed by atoms with Gasteiger partial charge < -0.3 is 68.3 Å². The fraction of sp³-hybridized carbons (Fsp3) is 0.562. The Kier molecular flexibility index (Phi) is 20.4. The number of carbonyl (C=O) groups excluding carboxylic acids is 8. The lowest BCUT2D eigenvalue weighted by atomic mass is 9.89. The number of amides is 4. The smallest absolute Gasteiger partial charge is 0.408 e. The van der Waals surface area contributed by atoms with Gasteiger partial charge in [0.05, 0.1) is 16.1 Å². The Balaban J connectivity index is 1.82. The Morgan fingerprint density at radius 3 is 1.52 bits per heavy atom. The van der Waals surface area contributed by atoms with Crippen molar-refractivity contribution < 1.29 is 85.4 Å². The molecule has 25 heteroatoms. The fourth-order valence-electron chi connectivity index (χ4n) is 6.36. The maximum Gasteiger partial charge on any atom is 0.408 e. The van der Waals surface area contributed by atoms with Crippen LogP contribution in [0.15, 0.2) is 47.2 Å². The molecule has 3 heterocycles. The van der Waals surface area contributed by atoms with E-state index in [0.717, 1.165) is 4.88 Å². The highest BCUT2D eigenvalue weighted by Crippen LogP contribution is 2.39. The molecule has 1 aromatic carbocycles. The first kappa shape index (κ1) is 58.9. The zero-order valence-corrected chi connectivity index (χ0v) is 44.3. The summed E-state index contributed by atoms with van der Waals surface area (Å²) in [6.07, 6.45) is -9.27. The van der Waals surface area contributed by atoms with Crippen molar-refractivity contribution in [1.82, 2.24) is 26.3 Å². The van der Waals surface area contributed by atoms with E-state index in [4.69, 9.17) is 58.6 Å². The Morgan fingerprint density at radius 1 is 0.616 bits per heavy atom. The van der Waals surface area contributed by atoms with Crippen LogP contribution in [0.2, 0.25) is 5.02 Å². The Hall–Kier alpha value is -6.66. The summed E-state index contributed by atoms with van der Waals surface area (Å²) in [7, 11) is 0. The predicted octanol–water partition coefficient (Wildman–Crippen LogP) is 6.46. The molecule has 3 aromatic rings. The summed E-state index contributed by atoms with van der Waals surface area (Å²) in [4.78, 5) is 110. The van der Waals surface area contributed by atoms with Crippen LogP contribution in [0.1, 0.15) is 105 Å². The number of rotatable bonds is 17. The highest BCUT2D eigenvalue weighted by atomic mass is 35.5. The quantitative estimate of drug-likeness (QED) is 0.0832. The van der Waals surface area contributed by atoms with E-state index in [-0.39, 0.29) is 17.0 Å². The number of furan rings is 1. The van der Waals surface area contributed by atoms with Crippen molar-refractivity contribution in [2.75, 3.05) is 32.8 Å². The average molecular weight is 1070 g/mol. The van der Waals surface area contributed by atoms with Gasteiger partial charge in [0.2, 0.25) is 0 Å². The summed E-state index contributed by atoms with van der Waals surface area (Å²) < 4.78 is 56.4. The second-order valence-electron chi connectivity index (χ2n) is 20.2. The van der Waals surface area contributed by atoms with Gasteiger partial charge in [-0.3, -0.25) is 19.2 Å². The number of esters is 4. The van der Waals surface area contributed by atoms with Gasteiger partial charge in [-0.15, -0.1) is 11.3 Å². The van der Waals surface area contributed by atoms with E-state index in [9.17, 15) is 38.4 Å². The summed E-state index contributed by atoms with van der Waals surface area (Å²) in [5, 5.41) is 10.0. The van der Waals surface area contributed by atoms with Crippen LogP contribution in [0.5, 0.6) is 0 Å². The number of halogens is 1. The molecule has 402 valence electrons. The van der Waals surface area contributed by atoms with Crippen molar-refractivity contribution >= 4 is 71.2 Å². The van der Waals surface area contributed by atoms with Gasteiger partial charge in [-0.1, -0.05) is 23.7 Å². The van der Waals surface area contributed by atoms with Gasteiger partial charge in [0.1, 0.15) is 73.2 Å². The van der Waals surface area contributed by atoms with Crippen molar-refractivity contribution in [3.8, 4) is 10.6 Å². The highest BCUT2D eigenvalue weighted by molar-refractivity contribution is 7.15. The Morgan fingerprint density at radius 2 is 1.07 bits per heavy atom. The third-order valence-electron chi connectivity index (χ3n) is 9.01. The fourth-order valence-corrected chi connectivity index (χ4v) is 7.45. The van der Waals surface area contributed by atoms with Crippen LogP contribution in [0.25, 0.3) is 10.6 Å². The van der Waals surface area contributed by atoms with E-state index in [1.165, 1.54) is 29.7 Å². The summed E-state index contributed by atoms with van der Waals surface area (Å²) in [5.74, 6) is -3.91. The first-order valence-electron chi connectivity index (χ1n) is 22.9. The number of ether oxygens (including phenoxy) is 9. The van der Waals surface area contributed by atoms with Gasteiger partial charge in [-0.2, -0.15) is 0 Å². The Labute approximate surface area is 431 Å². The van der Waals surface area contributed by atoms with Crippen molar-refractivity contribution in [3.05, 3.63) is 63.9 Å². The molecule has 4 N–H and O–H groups in total. The lowest BCUT2D eigenvalue weighted by molar-refractivity contribution is -0.255. The van der Waals surface area contributed by atoms with Crippen LogP contribution < -0.4 is 21.3 Å². The maximum absolute atomic E-state index is 13.9. The standard InChI is InChI=1S/C48H64ClN5O18S/c1-45(2,3)69-41(59)51-21-33(55)64-25-30-38(66-34(56)22-52-42(60)70-46(4,5)6)40(68-36(58)24-54-44(62)72-48(10,11)12)39(67-35(57)23-53-43(61)71-47(7,8)9)37(65-30)26-15-16-28(49)27(18-26)19-32-50-20-31(73-32)29-14-13-17-63-29/h13-18,20,30,37-40H,19,21-25H2,1-12H3,(H,51,59)(H,52,60)(H,53,61)(H,54,62)/t30-,37+,38-,39+,40+/m1/s1. The number of aromatic nitrogens is 1. The molecule has 0 spiro atoms. The molecule has 4 amide bonds. The molecule has 0 radical (unpaired) electrons. The summed E-state index contributed by atoms with van der Waals surface area (Å²) in [5.41, 5.74) is -3.05. The van der Waals surface area contributed by atoms with Gasteiger partial charge in [0.25, 0.3) is 0 Å². The zero-order valence-electron chi connectivity index (χ0n) is 42.8. The number of hydrogen-bond acceptors (Lipinski definition) is 20. The molecule has 0 bridgehead atoms.